The molecule has 16 heteroatoms. The van der Waals surface area contributed by atoms with Crippen molar-refractivity contribution in [3.05, 3.63) is 106 Å². The van der Waals surface area contributed by atoms with E-state index in [0.29, 0.717) is 54.7 Å². The first kappa shape index (κ1) is 42.7. The first-order chi connectivity index (χ1) is 30.9. The van der Waals surface area contributed by atoms with Gasteiger partial charge in [0.05, 0.1) is 16.4 Å². The number of hydrogen-bond donors (Lipinski definition) is 1. The number of imide groups is 1. The second-order valence-electron chi connectivity index (χ2n) is 17.5. The van der Waals surface area contributed by atoms with Gasteiger partial charge < -0.3 is 19.1 Å². The number of nitrogens with zero attached hydrogens (tertiary/aromatic N) is 8. The highest BCUT2D eigenvalue weighted by Gasteiger charge is 2.33. The molecule has 1 unspecified atom stereocenters. The number of anilines is 1. The molecule has 4 amide bonds. The molecular weight excluding hydrogens is 818 g/mol. The molecule has 0 aliphatic carbocycles. The standard InChI is InChI=1S/C48H54FN9O6/c1-52(2)47(62)40-29-37-43(49)35(33-10-6-21-56(30-33)42(60)18-23-57-22-7-19-50-57)28-36(45(37)64-40)31-12-14-34(15-13-31)55-26-24-54(25-27-55)20-5-9-32-8-4-11-38-44(32)53(3)48(63)58(38)39-16-17-41(59)51-46(39)61/h4,7-8,11-15,19,22,28-29,33,39H,5-6,9-10,16-18,20-21,23-27,30H2,1-3H3,(H,51,59,61)/t33-,39?/m0/s1. The van der Waals surface area contributed by atoms with E-state index in [2.05, 4.69) is 32.3 Å². The number of aromatic nitrogens is 4. The summed E-state index contributed by atoms with van der Waals surface area (Å²) in [5.41, 5.74) is 5.78. The highest BCUT2D eigenvalue weighted by molar-refractivity contribution is 6.01. The molecule has 3 aromatic carbocycles. The van der Waals surface area contributed by atoms with Crippen LogP contribution in [0.1, 0.15) is 72.2 Å². The first-order valence-electron chi connectivity index (χ1n) is 22.3. The van der Waals surface area contributed by atoms with Crippen LogP contribution in [0.3, 0.4) is 0 Å². The fourth-order valence-corrected chi connectivity index (χ4v) is 9.82. The average Bonchev–Trinajstić information content (AvgIpc) is 4.06. The number of amides is 4. The van der Waals surface area contributed by atoms with E-state index in [1.54, 1.807) is 36.6 Å². The van der Waals surface area contributed by atoms with Gasteiger partial charge in [-0.2, -0.15) is 5.10 Å². The van der Waals surface area contributed by atoms with Crippen LogP contribution >= 0.6 is 0 Å². The fourth-order valence-electron chi connectivity index (χ4n) is 9.82. The van der Waals surface area contributed by atoms with Crippen molar-refractivity contribution in [2.45, 2.75) is 63.5 Å². The van der Waals surface area contributed by atoms with Gasteiger partial charge in [0.25, 0.3) is 5.91 Å². The number of piperazine rings is 1. The Morgan fingerprint density at radius 1 is 0.953 bits per heavy atom. The van der Waals surface area contributed by atoms with Crippen LogP contribution in [0.5, 0.6) is 0 Å². The molecule has 0 radical (unpaired) electrons. The van der Waals surface area contributed by atoms with Crippen LogP contribution < -0.4 is 15.9 Å². The Kier molecular flexibility index (Phi) is 12.0. The van der Waals surface area contributed by atoms with E-state index < -0.39 is 17.8 Å². The van der Waals surface area contributed by atoms with E-state index >= 15 is 4.39 Å². The monoisotopic (exact) mass is 871 g/mol. The molecule has 15 nitrogen and oxygen atoms in total. The van der Waals surface area contributed by atoms with Crippen molar-refractivity contribution in [1.29, 1.82) is 0 Å². The third-order valence-electron chi connectivity index (χ3n) is 13.3. The van der Waals surface area contributed by atoms with Crippen LogP contribution in [0.4, 0.5) is 10.1 Å². The Morgan fingerprint density at radius 2 is 1.75 bits per heavy atom. The lowest BCUT2D eigenvalue weighted by Gasteiger charge is -2.36. The van der Waals surface area contributed by atoms with Gasteiger partial charge in [-0.1, -0.05) is 24.3 Å². The molecule has 3 saturated heterocycles. The van der Waals surface area contributed by atoms with Crippen molar-refractivity contribution >= 4 is 51.3 Å². The minimum absolute atomic E-state index is 0.0175. The molecule has 0 bridgehead atoms. The number of aryl methyl sites for hydroxylation is 3. The highest BCUT2D eigenvalue weighted by atomic mass is 19.1. The molecule has 3 aromatic heterocycles. The minimum Gasteiger partial charge on any atom is -0.450 e. The lowest BCUT2D eigenvalue weighted by atomic mass is 9.87. The second-order valence-corrected chi connectivity index (χ2v) is 17.5. The summed E-state index contributed by atoms with van der Waals surface area (Å²) in [7, 11) is 5.01. The Labute approximate surface area is 370 Å². The van der Waals surface area contributed by atoms with E-state index in [0.717, 1.165) is 80.7 Å². The summed E-state index contributed by atoms with van der Waals surface area (Å²) >= 11 is 0. The van der Waals surface area contributed by atoms with Crippen LogP contribution in [-0.2, 0) is 34.4 Å². The van der Waals surface area contributed by atoms with Gasteiger partial charge in [-0.3, -0.25) is 43.2 Å². The Balaban J connectivity index is 0.870. The topological polar surface area (TPSA) is 151 Å². The first-order valence-corrected chi connectivity index (χ1v) is 22.3. The van der Waals surface area contributed by atoms with Crippen molar-refractivity contribution in [3.8, 4) is 11.1 Å². The number of para-hydroxylation sites is 1. The Hall–Kier alpha value is -6.55. The molecule has 3 aliphatic rings. The zero-order valence-electron chi connectivity index (χ0n) is 36.6. The maximum Gasteiger partial charge on any atom is 0.329 e. The van der Waals surface area contributed by atoms with Crippen LogP contribution in [0, 0.1) is 5.82 Å². The number of likely N-dealkylation sites (tertiary alicyclic amines) is 1. The largest absolute Gasteiger partial charge is 0.450 e. The van der Waals surface area contributed by atoms with Gasteiger partial charge in [0.2, 0.25) is 17.7 Å². The van der Waals surface area contributed by atoms with Crippen molar-refractivity contribution in [2.24, 2.45) is 7.05 Å². The number of halogens is 1. The predicted molar refractivity (Wildman–Crippen MR) is 241 cm³/mol. The van der Waals surface area contributed by atoms with Crippen molar-refractivity contribution in [3.63, 3.8) is 0 Å². The highest BCUT2D eigenvalue weighted by Crippen LogP contribution is 2.40. The number of piperidine rings is 2. The number of rotatable bonds is 12. The number of fused-ring (bicyclic) bond motifs is 2. The van der Waals surface area contributed by atoms with Crippen LogP contribution in [0.25, 0.3) is 33.1 Å². The number of carbonyl (C=O) groups excluding carboxylic acids is 4. The second kappa shape index (κ2) is 17.9. The Morgan fingerprint density at radius 3 is 2.48 bits per heavy atom. The number of furan rings is 1. The molecule has 0 spiro atoms. The van der Waals surface area contributed by atoms with Gasteiger partial charge in [0, 0.05) is 115 Å². The van der Waals surface area contributed by atoms with Gasteiger partial charge in [-0.25, -0.2) is 9.18 Å². The summed E-state index contributed by atoms with van der Waals surface area (Å²) in [6, 6.07) is 18.6. The smallest absolute Gasteiger partial charge is 0.329 e. The molecule has 6 aromatic rings. The molecule has 2 atom stereocenters. The average molecular weight is 872 g/mol. The number of hydrogen-bond acceptors (Lipinski definition) is 9. The van der Waals surface area contributed by atoms with Crippen LogP contribution in [-0.4, -0.2) is 117 Å². The molecule has 3 aliphatic heterocycles. The number of benzene rings is 3. The predicted octanol–water partition coefficient (Wildman–Crippen LogP) is 5.32. The van der Waals surface area contributed by atoms with Gasteiger partial charge in [-0.05, 0) is 85.7 Å². The lowest BCUT2D eigenvalue weighted by Crippen LogP contribution is -2.46. The van der Waals surface area contributed by atoms with E-state index in [4.69, 9.17) is 4.42 Å². The zero-order chi connectivity index (χ0) is 44.6. The van der Waals surface area contributed by atoms with Crippen molar-refractivity contribution in [1.82, 2.24) is 38.9 Å². The number of imidazole rings is 1. The molecule has 1 N–H and O–H groups in total. The Bertz CT molecular complexity index is 2780. The van der Waals surface area contributed by atoms with E-state index in [9.17, 15) is 24.0 Å². The summed E-state index contributed by atoms with van der Waals surface area (Å²) in [6.07, 6.45) is 7.49. The molecule has 9 rings (SSSR count). The fraction of sp³-hybridized carbons (Fsp3) is 0.417. The minimum atomic E-state index is -0.713. The third-order valence-corrected chi connectivity index (χ3v) is 13.3. The summed E-state index contributed by atoms with van der Waals surface area (Å²) in [6.45, 7) is 5.87. The molecule has 64 heavy (non-hydrogen) atoms. The van der Waals surface area contributed by atoms with Gasteiger partial charge in [0.1, 0.15) is 17.4 Å². The third kappa shape index (κ3) is 8.33. The van der Waals surface area contributed by atoms with E-state index in [1.165, 1.54) is 15.5 Å². The summed E-state index contributed by atoms with van der Waals surface area (Å²) in [4.78, 5) is 72.3. The van der Waals surface area contributed by atoms with Gasteiger partial charge >= 0.3 is 5.69 Å². The van der Waals surface area contributed by atoms with Crippen molar-refractivity contribution in [2.75, 3.05) is 64.8 Å². The molecular formula is C48H54FN9O6. The summed E-state index contributed by atoms with van der Waals surface area (Å²) in [5, 5.41) is 6.85. The molecule has 334 valence electrons. The van der Waals surface area contributed by atoms with Gasteiger partial charge in [-0.15, -0.1) is 0 Å². The quantitative estimate of drug-likeness (QED) is 0.161. The van der Waals surface area contributed by atoms with Crippen LogP contribution in [0.2, 0.25) is 0 Å². The van der Waals surface area contributed by atoms with E-state index in [1.807, 2.05) is 53.6 Å². The van der Waals surface area contributed by atoms with Crippen molar-refractivity contribution < 1.29 is 28.0 Å². The zero-order valence-corrected chi connectivity index (χ0v) is 36.6. The molecule has 3 fully saturated rings. The van der Waals surface area contributed by atoms with Gasteiger partial charge in [0.15, 0.2) is 5.76 Å². The lowest BCUT2D eigenvalue weighted by molar-refractivity contribution is -0.136. The maximum atomic E-state index is 16.6. The van der Waals surface area contributed by atoms with Crippen LogP contribution in [0.15, 0.2) is 82.3 Å². The number of carbonyl (C=O) groups is 4. The molecule has 0 saturated carbocycles. The molecule has 6 heterocycles. The maximum absolute atomic E-state index is 16.6. The number of nitrogens with one attached hydrogen (secondary N) is 1. The SMILES string of the molecule is CN(C)C(=O)c1cc2c(F)c([C@H]3CCCN(C(=O)CCn4cccn4)C3)cc(-c3ccc(N4CCN(CCCc5cccc6c5n(C)c(=O)n6C5CCC(=O)NC5=O)CC4)cc3)c2o1. The summed E-state index contributed by atoms with van der Waals surface area (Å²) in [5.74, 6) is -1.66. The summed E-state index contributed by atoms with van der Waals surface area (Å²) < 4.78 is 27.7. The van der Waals surface area contributed by atoms with E-state index in [-0.39, 0.29) is 46.9 Å². The normalized spacial score (nSPS) is 18.6.